The number of carboxylic acid groups (broad SMARTS) is 1. The molecule has 0 aliphatic carbocycles. The molecular formula is C23H25BrN4O6. The second-order valence-corrected chi connectivity index (χ2v) is 9.17. The number of nitrogens with zero attached hydrogens (tertiary/aromatic N) is 2. The molecule has 1 fully saturated rings. The van der Waals surface area contributed by atoms with Crippen LogP contribution in [0.5, 0.6) is 0 Å². The maximum atomic E-state index is 12.8. The van der Waals surface area contributed by atoms with Gasteiger partial charge in [0.05, 0.1) is 24.4 Å². The number of primary amides is 1. The number of fused-ring (bicyclic) bond motifs is 1. The average Bonchev–Trinajstić information content (AvgIpc) is 3.22. The maximum Gasteiger partial charge on any atom is 0.337 e. The number of anilines is 1. The van der Waals surface area contributed by atoms with E-state index >= 15 is 0 Å². The van der Waals surface area contributed by atoms with Crippen molar-refractivity contribution in [3.8, 4) is 0 Å². The quantitative estimate of drug-likeness (QED) is 0.414. The Hall–Kier alpha value is -2.99. The summed E-state index contributed by atoms with van der Waals surface area (Å²) in [7, 11) is 0. The van der Waals surface area contributed by atoms with Gasteiger partial charge in [-0.05, 0) is 43.7 Å². The number of hydrogen-bond donors (Lipinski definition) is 4. The van der Waals surface area contributed by atoms with E-state index in [1.54, 1.807) is 42.7 Å². The third-order valence-corrected chi connectivity index (χ3v) is 6.75. The monoisotopic (exact) mass is 532 g/mol. The molecule has 0 radical (unpaired) electrons. The van der Waals surface area contributed by atoms with Crippen molar-refractivity contribution < 1.29 is 29.3 Å². The number of benzene rings is 1. The summed E-state index contributed by atoms with van der Waals surface area (Å²) < 4.78 is 7.78. The van der Waals surface area contributed by atoms with Gasteiger partial charge in [-0.1, -0.05) is 15.9 Å². The van der Waals surface area contributed by atoms with Crippen LogP contribution < -0.4 is 11.1 Å². The van der Waals surface area contributed by atoms with E-state index in [2.05, 4.69) is 21.2 Å². The van der Waals surface area contributed by atoms with Crippen molar-refractivity contribution in [2.45, 2.75) is 26.1 Å². The Bertz CT molecular complexity index is 1210. The van der Waals surface area contributed by atoms with Crippen LogP contribution in [0.3, 0.4) is 0 Å². The summed E-state index contributed by atoms with van der Waals surface area (Å²) in [6.45, 7) is 4.82. The van der Waals surface area contributed by atoms with Crippen molar-refractivity contribution in [2.24, 2.45) is 5.73 Å². The molecule has 5 N–H and O–H groups in total. The summed E-state index contributed by atoms with van der Waals surface area (Å²) in [5, 5.41) is 23.6. The summed E-state index contributed by atoms with van der Waals surface area (Å²) >= 11 is 3.42. The minimum Gasteiger partial charge on any atom is -0.478 e. The Morgan fingerprint density at radius 2 is 1.94 bits per heavy atom. The zero-order valence-electron chi connectivity index (χ0n) is 18.7. The van der Waals surface area contributed by atoms with Gasteiger partial charge in [-0.2, -0.15) is 0 Å². The van der Waals surface area contributed by atoms with Crippen molar-refractivity contribution in [3.05, 3.63) is 50.8 Å². The molecule has 2 aromatic rings. The molecule has 2 aliphatic rings. The van der Waals surface area contributed by atoms with Crippen LogP contribution >= 0.6 is 15.9 Å². The lowest BCUT2D eigenvalue weighted by Crippen LogP contribution is -2.50. The molecule has 180 valence electrons. The predicted molar refractivity (Wildman–Crippen MR) is 128 cm³/mol. The number of aliphatic hydroxyl groups excluding tert-OH is 1. The lowest BCUT2D eigenvalue weighted by molar-refractivity contribution is -0.134. The first kappa shape index (κ1) is 24.1. The van der Waals surface area contributed by atoms with Crippen LogP contribution in [0.1, 0.15) is 39.0 Å². The van der Waals surface area contributed by atoms with Gasteiger partial charge in [-0.15, -0.1) is 0 Å². The average molecular weight is 533 g/mol. The number of halogens is 1. The number of amides is 2. The fraction of sp³-hybridized carbons (Fsp3) is 0.348. The Kier molecular flexibility index (Phi) is 6.63. The van der Waals surface area contributed by atoms with Crippen LogP contribution in [0.25, 0.3) is 11.6 Å². The Labute approximate surface area is 204 Å². The number of nitrogens with one attached hydrogen (secondary N) is 1. The lowest BCUT2D eigenvalue weighted by atomic mass is 10.0. The number of rotatable bonds is 6. The lowest BCUT2D eigenvalue weighted by Gasteiger charge is -2.38. The minimum absolute atomic E-state index is 0.0367. The van der Waals surface area contributed by atoms with E-state index in [-0.39, 0.29) is 11.5 Å². The van der Waals surface area contributed by atoms with E-state index in [0.717, 1.165) is 4.47 Å². The first-order chi connectivity index (χ1) is 16.1. The summed E-state index contributed by atoms with van der Waals surface area (Å²) in [6.07, 6.45) is -1.00. The Morgan fingerprint density at radius 1 is 1.26 bits per heavy atom. The number of ether oxygens (including phenoxy) is 1. The highest BCUT2D eigenvalue weighted by molar-refractivity contribution is 9.10. The first-order valence-electron chi connectivity index (χ1n) is 10.7. The number of aromatic carboxylic acids is 1. The molecular weight excluding hydrogens is 508 g/mol. The summed E-state index contributed by atoms with van der Waals surface area (Å²) in [6, 6.07) is 5.37. The maximum absolute atomic E-state index is 12.8. The normalized spacial score (nSPS) is 19.1. The smallest absolute Gasteiger partial charge is 0.337 e. The molecule has 4 rings (SSSR count). The van der Waals surface area contributed by atoms with E-state index < -0.39 is 24.1 Å². The molecule has 2 aliphatic heterocycles. The van der Waals surface area contributed by atoms with Crippen LogP contribution in [-0.4, -0.2) is 69.9 Å². The van der Waals surface area contributed by atoms with E-state index in [9.17, 15) is 24.6 Å². The number of hydrogen-bond acceptors (Lipinski definition) is 6. The van der Waals surface area contributed by atoms with Crippen molar-refractivity contribution >= 4 is 51.1 Å². The molecule has 10 nitrogen and oxygen atoms in total. The van der Waals surface area contributed by atoms with E-state index in [4.69, 9.17) is 10.5 Å². The Balaban J connectivity index is 1.97. The second-order valence-electron chi connectivity index (χ2n) is 8.26. The van der Waals surface area contributed by atoms with Gasteiger partial charge >= 0.3 is 5.97 Å². The second kappa shape index (κ2) is 9.34. The molecule has 2 amide bonds. The predicted octanol–water partition coefficient (Wildman–Crippen LogP) is 1.74. The van der Waals surface area contributed by atoms with Gasteiger partial charge < -0.3 is 30.6 Å². The summed E-state index contributed by atoms with van der Waals surface area (Å²) in [5.74, 6) is -2.43. The molecule has 0 bridgehead atoms. The molecule has 1 aromatic heterocycles. The third-order valence-electron chi connectivity index (χ3n) is 6.26. The van der Waals surface area contributed by atoms with Crippen LogP contribution in [-0.2, 0) is 14.3 Å². The van der Waals surface area contributed by atoms with Crippen molar-refractivity contribution in [3.63, 3.8) is 0 Å². The van der Waals surface area contributed by atoms with Crippen LogP contribution in [0.15, 0.2) is 22.7 Å². The number of aliphatic hydroxyl groups is 1. The van der Waals surface area contributed by atoms with Crippen molar-refractivity contribution in [2.75, 3.05) is 31.6 Å². The fourth-order valence-corrected chi connectivity index (χ4v) is 5.01. The molecule has 3 heterocycles. The molecule has 1 aromatic carbocycles. The summed E-state index contributed by atoms with van der Waals surface area (Å²) in [4.78, 5) is 38.9. The van der Waals surface area contributed by atoms with E-state index in [1.807, 2.05) is 4.90 Å². The van der Waals surface area contributed by atoms with Gasteiger partial charge in [0.25, 0.3) is 5.91 Å². The highest BCUT2D eigenvalue weighted by Gasteiger charge is 2.37. The molecule has 2 unspecified atom stereocenters. The van der Waals surface area contributed by atoms with Gasteiger partial charge in [0, 0.05) is 40.2 Å². The zero-order chi connectivity index (χ0) is 24.7. The number of aromatic nitrogens is 1. The van der Waals surface area contributed by atoms with Gasteiger partial charge in [-0.3, -0.25) is 14.5 Å². The number of carbonyl (C=O) groups excluding carboxylic acids is 2. The molecule has 34 heavy (non-hydrogen) atoms. The van der Waals surface area contributed by atoms with Crippen molar-refractivity contribution in [1.82, 2.24) is 9.47 Å². The van der Waals surface area contributed by atoms with Crippen molar-refractivity contribution in [1.29, 1.82) is 0 Å². The van der Waals surface area contributed by atoms with E-state index in [1.165, 1.54) is 0 Å². The molecule has 0 saturated carbocycles. The highest BCUT2D eigenvalue weighted by atomic mass is 79.9. The number of nitrogens with two attached hydrogens (primary N) is 1. The van der Waals surface area contributed by atoms with E-state index in [0.29, 0.717) is 60.1 Å². The largest absolute Gasteiger partial charge is 0.478 e. The molecule has 0 spiro atoms. The standard InChI is InChI=1S/C23H25BrN4O6/c1-11-17(10-15-14-9-13(24)3-4-16(14)26-21(15)31)28(12(2)18(11)23(32)33)22(19(29)20(25)30)27-5-7-34-8-6-27/h3-4,9-10,19,22,29H,5-8H2,1-2H3,(H2,25,30)(H,26,31)(H,32,33). The zero-order valence-corrected chi connectivity index (χ0v) is 20.3. The number of morpholine rings is 1. The van der Waals surface area contributed by atoms with Crippen LogP contribution in [0, 0.1) is 13.8 Å². The topological polar surface area (TPSA) is 147 Å². The highest BCUT2D eigenvalue weighted by Crippen LogP contribution is 2.38. The number of carboxylic acids is 1. The minimum atomic E-state index is -1.62. The van der Waals surface area contributed by atoms with Crippen LogP contribution in [0.4, 0.5) is 5.69 Å². The van der Waals surface area contributed by atoms with Crippen LogP contribution in [0.2, 0.25) is 0 Å². The first-order valence-corrected chi connectivity index (χ1v) is 11.5. The number of carbonyl (C=O) groups is 3. The van der Waals surface area contributed by atoms with Gasteiger partial charge in [0.2, 0.25) is 5.91 Å². The van der Waals surface area contributed by atoms with Gasteiger partial charge in [-0.25, -0.2) is 4.79 Å². The SMILES string of the molecule is Cc1c(C(=O)O)c(C)n(C(C(O)C(N)=O)N2CCOCC2)c1C=C1C(=O)Nc2ccc(Br)cc21. The molecule has 11 heteroatoms. The van der Waals surface area contributed by atoms with Gasteiger partial charge in [0.15, 0.2) is 6.10 Å². The Morgan fingerprint density at radius 3 is 2.56 bits per heavy atom. The third kappa shape index (κ3) is 4.16. The molecule has 2 atom stereocenters. The van der Waals surface area contributed by atoms with Gasteiger partial charge in [0.1, 0.15) is 6.17 Å². The fourth-order valence-electron chi connectivity index (χ4n) is 4.65. The molecule has 1 saturated heterocycles. The summed E-state index contributed by atoms with van der Waals surface area (Å²) in [5.41, 5.74) is 8.28.